The van der Waals surface area contributed by atoms with Crippen LogP contribution in [0.4, 0.5) is 19.0 Å². The molecule has 2 heterocycles. The molecule has 1 aromatic rings. The molecule has 0 bridgehead atoms. The average Bonchev–Trinajstić information content (AvgIpc) is 2.95. The van der Waals surface area contributed by atoms with Crippen LogP contribution < -0.4 is 15.5 Å². The number of halogens is 5. The Morgan fingerprint density at radius 2 is 2.24 bits per heavy atom. The third-order valence-corrected chi connectivity index (χ3v) is 3.87. The van der Waals surface area contributed by atoms with E-state index in [1.54, 1.807) is 18.3 Å². The summed E-state index contributed by atoms with van der Waals surface area (Å²) in [5.41, 5.74) is 0. The first-order valence-corrected chi connectivity index (χ1v) is 8.24. The molecule has 1 fully saturated rings. The van der Waals surface area contributed by atoms with Crippen LogP contribution in [0.3, 0.4) is 0 Å². The van der Waals surface area contributed by atoms with Crippen molar-refractivity contribution in [3.8, 4) is 0 Å². The molecule has 5 nitrogen and oxygen atoms in total. The normalized spacial score (nSPS) is 18.0. The van der Waals surface area contributed by atoms with E-state index in [9.17, 15) is 13.2 Å². The van der Waals surface area contributed by atoms with Gasteiger partial charge in [0.25, 0.3) is 0 Å². The van der Waals surface area contributed by atoms with Crippen molar-refractivity contribution < 1.29 is 13.2 Å². The Kier molecular flexibility index (Phi) is 9.04. The minimum atomic E-state index is -4.19. The summed E-state index contributed by atoms with van der Waals surface area (Å²) in [5.74, 6) is 1.13. The Morgan fingerprint density at radius 1 is 1.48 bits per heavy atom. The second kappa shape index (κ2) is 10.2. The summed E-state index contributed by atoms with van der Waals surface area (Å²) in [6.07, 6.45) is -2.61. The highest BCUT2D eigenvalue weighted by Crippen LogP contribution is 2.25. The van der Waals surface area contributed by atoms with Crippen molar-refractivity contribution in [1.82, 2.24) is 15.6 Å². The van der Waals surface area contributed by atoms with E-state index < -0.39 is 12.6 Å². The number of nitrogens with one attached hydrogen (secondary N) is 2. The van der Waals surface area contributed by atoms with Gasteiger partial charge in [-0.1, -0.05) is 11.6 Å². The number of hydrogen-bond acceptors (Lipinski definition) is 3. The molecule has 1 atom stereocenters. The van der Waals surface area contributed by atoms with Gasteiger partial charge < -0.3 is 15.5 Å². The summed E-state index contributed by atoms with van der Waals surface area (Å²) in [6.45, 7) is 3.61. The highest BCUT2D eigenvalue weighted by molar-refractivity contribution is 14.0. The Bertz CT molecular complexity index is 570. The molecule has 0 amide bonds. The molecule has 0 saturated carbocycles. The number of alkyl halides is 3. The van der Waals surface area contributed by atoms with Gasteiger partial charge in [-0.2, -0.15) is 13.2 Å². The number of pyridine rings is 1. The Morgan fingerprint density at radius 3 is 2.88 bits per heavy atom. The van der Waals surface area contributed by atoms with Crippen LogP contribution >= 0.6 is 35.6 Å². The first-order valence-electron chi connectivity index (χ1n) is 7.86. The average molecular weight is 492 g/mol. The summed E-state index contributed by atoms with van der Waals surface area (Å²) in [4.78, 5) is 10.3. The van der Waals surface area contributed by atoms with Crippen LogP contribution in [0.1, 0.15) is 19.8 Å². The molecular weight excluding hydrogens is 470 g/mol. The van der Waals surface area contributed by atoms with Gasteiger partial charge in [0, 0.05) is 31.9 Å². The summed E-state index contributed by atoms with van der Waals surface area (Å²) in [6, 6.07) is 3.63. The maximum absolute atomic E-state index is 12.2. The largest absolute Gasteiger partial charge is 0.390 e. The van der Waals surface area contributed by atoms with Gasteiger partial charge in [-0.3, -0.25) is 4.99 Å². The van der Waals surface area contributed by atoms with Gasteiger partial charge in [0.2, 0.25) is 0 Å². The molecule has 25 heavy (non-hydrogen) atoms. The van der Waals surface area contributed by atoms with E-state index in [1.165, 1.54) is 0 Å². The van der Waals surface area contributed by atoms with Crippen LogP contribution in [0.5, 0.6) is 0 Å². The van der Waals surface area contributed by atoms with E-state index in [-0.39, 0.29) is 36.6 Å². The zero-order chi connectivity index (χ0) is 17.6. The lowest BCUT2D eigenvalue weighted by Crippen LogP contribution is -2.44. The smallest absolute Gasteiger partial charge is 0.357 e. The van der Waals surface area contributed by atoms with Gasteiger partial charge in [-0.05, 0) is 25.5 Å². The summed E-state index contributed by atoms with van der Waals surface area (Å²) >= 11 is 6.15. The molecule has 1 aromatic heterocycles. The lowest BCUT2D eigenvalue weighted by atomic mass is 10.3. The second-order valence-corrected chi connectivity index (χ2v) is 5.92. The molecule has 1 aliphatic heterocycles. The number of aromatic nitrogens is 1. The fourth-order valence-corrected chi connectivity index (χ4v) is 2.73. The number of rotatable bonds is 5. The molecule has 1 unspecified atom stereocenters. The van der Waals surface area contributed by atoms with Crippen LogP contribution in [-0.2, 0) is 0 Å². The van der Waals surface area contributed by atoms with Gasteiger partial charge in [0.1, 0.15) is 5.82 Å². The van der Waals surface area contributed by atoms with Crippen LogP contribution in [0, 0.1) is 0 Å². The van der Waals surface area contributed by atoms with E-state index in [4.69, 9.17) is 11.6 Å². The zero-order valence-corrected chi connectivity index (χ0v) is 16.9. The fourth-order valence-electron chi connectivity index (χ4n) is 2.49. The molecule has 1 aliphatic rings. The first-order chi connectivity index (χ1) is 11.4. The van der Waals surface area contributed by atoms with Gasteiger partial charge in [-0.15, -0.1) is 24.0 Å². The number of guanidine groups is 1. The van der Waals surface area contributed by atoms with E-state index in [0.717, 1.165) is 18.8 Å². The van der Waals surface area contributed by atoms with Crippen LogP contribution in [0.15, 0.2) is 23.3 Å². The van der Waals surface area contributed by atoms with Crippen molar-refractivity contribution in [2.75, 3.05) is 31.1 Å². The Hall–Kier alpha value is -0.970. The maximum atomic E-state index is 12.2. The second-order valence-electron chi connectivity index (χ2n) is 5.51. The lowest BCUT2D eigenvalue weighted by Gasteiger charge is -2.20. The zero-order valence-electron chi connectivity index (χ0n) is 13.8. The molecular formula is C15H22ClF3IN5. The Labute approximate surface area is 167 Å². The molecule has 10 heteroatoms. The number of nitrogens with zero attached hydrogens (tertiary/aromatic N) is 3. The van der Waals surface area contributed by atoms with E-state index in [1.807, 2.05) is 6.92 Å². The van der Waals surface area contributed by atoms with E-state index >= 15 is 0 Å². The summed E-state index contributed by atoms with van der Waals surface area (Å²) < 4.78 is 36.7. The first kappa shape index (κ1) is 22.1. The standard InChI is InChI=1S/C15H21ClF3N5.HI/c1-2-20-14(22-8-6-15(17,18)19)23-11-5-9-24(10-11)13-12(16)4-3-7-21-13;/h3-4,7,11H,2,5-6,8-10H2,1H3,(H2,20,22,23);1H. The quantitative estimate of drug-likeness (QED) is 0.376. The van der Waals surface area contributed by atoms with Crippen LogP contribution in [-0.4, -0.2) is 49.3 Å². The van der Waals surface area contributed by atoms with Crippen LogP contribution in [0.25, 0.3) is 0 Å². The van der Waals surface area contributed by atoms with Crippen molar-refractivity contribution in [2.24, 2.45) is 4.99 Å². The molecule has 142 valence electrons. The minimum Gasteiger partial charge on any atom is -0.357 e. The van der Waals surface area contributed by atoms with Crippen molar-refractivity contribution in [3.05, 3.63) is 23.4 Å². The van der Waals surface area contributed by atoms with E-state index in [0.29, 0.717) is 24.1 Å². The van der Waals surface area contributed by atoms with Crippen LogP contribution in [0.2, 0.25) is 5.02 Å². The fraction of sp³-hybridized carbons (Fsp3) is 0.600. The predicted octanol–water partition coefficient (Wildman–Crippen LogP) is 3.44. The third-order valence-electron chi connectivity index (χ3n) is 3.58. The SMILES string of the molecule is CCNC(=NCCC(F)(F)F)NC1CCN(c2ncccc2Cl)C1.I. The third kappa shape index (κ3) is 7.43. The van der Waals surface area contributed by atoms with Crippen molar-refractivity contribution >= 4 is 47.4 Å². The van der Waals surface area contributed by atoms with Crippen molar-refractivity contribution in [1.29, 1.82) is 0 Å². The monoisotopic (exact) mass is 491 g/mol. The molecule has 0 aliphatic carbocycles. The maximum Gasteiger partial charge on any atom is 0.390 e. The van der Waals surface area contributed by atoms with Gasteiger partial charge >= 0.3 is 6.18 Å². The molecule has 1 saturated heterocycles. The summed E-state index contributed by atoms with van der Waals surface area (Å²) in [7, 11) is 0. The molecule has 0 aromatic carbocycles. The topological polar surface area (TPSA) is 52.6 Å². The van der Waals surface area contributed by atoms with Crippen molar-refractivity contribution in [2.45, 2.75) is 32.0 Å². The lowest BCUT2D eigenvalue weighted by molar-refractivity contribution is -0.132. The molecule has 2 N–H and O–H groups in total. The minimum absolute atomic E-state index is 0. The predicted molar refractivity (Wildman–Crippen MR) is 105 cm³/mol. The number of hydrogen-bond donors (Lipinski definition) is 2. The number of aliphatic imine (C=N–C) groups is 1. The van der Waals surface area contributed by atoms with Gasteiger partial charge in [-0.25, -0.2) is 4.98 Å². The highest BCUT2D eigenvalue weighted by Gasteiger charge is 2.27. The van der Waals surface area contributed by atoms with Gasteiger partial charge in [0.15, 0.2) is 5.96 Å². The molecule has 0 spiro atoms. The van der Waals surface area contributed by atoms with Gasteiger partial charge in [0.05, 0.1) is 18.0 Å². The molecule has 2 rings (SSSR count). The molecule has 0 radical (unpaired) electrons. The summed E-state index contributed by atoms with van der Waals surface area (Å²) in [5, 5.41) is 6.74. The van der Waals surface area contributed by atoms with Crippen molar-refractivity contribution in [3.63, 3.8) is 0 Å². The van der Waals surface area contributed by atoms with E-state index in [2.05, 4.69) is 25.5 Å². The Balaban J connectivity index is 0.00000312. The highest BCUT2D eigenvalue weighted by atomic mass is 127. The number of anilines is 1.